The van der Waals surface area contributed by atoms with E-state index in [1.54, 1.807) is 0 Å². The van der Waals surface area contributed by atoms with Crippen molar-refractivity contribution in [3.05, 3.63) is 65.2 Å². The Balaban J connectivity index is 1.64. The van der Waals surface area contributed by atoms with Gasteiger partial charge < -0.3 is 9.88 Å². The van der Waals surface area contributed by atoms with Crippen molar-refractivity contribution in [3.63, 3.8) is 0 Å². The summed E-state index contributed by atoms with van der Waals surface area (Å²) >= 11 is 7.37. The van der Waals surface area contributed by atoms with E-state index >= 15 is 0 Å². The summed E-state index contributed by atoms with van der Waals surface area (Å²) in [5, 5.41) is 13.0. The van der Waals surface area contributed by atoms with Crippen molar-refractivity contribution in [3.8, 4) is 11.4 Å². The van der Waals surface area contributed by atoms with Crippen molar-refractivity contribution in [1.82, 2.24) is 20.1 Å². The number of nitrogens with zero attached hydrogens (tertiary/aromatic N) is 3. The summed E-state index contributed by atoms with van der Waals surface area (Å²) in [4.78, 5) is 12.2. The molecule has 0 saturated heterocycles. The fraction of sp³-hybridized carbons (Fsp3) is 0.250. The van der Waals surface area contributed by atoms with Crippen LogP contribution in [0, 0.1) is 0 Å². The van der Waals surface area contributed by atoms with Gasteiger partial charge in [0.2, 0.25) is 5.91 Å². The maximum Gasteiger partial charge on any atom is 0.230 e. The van der Waals surface area contributed by atoms with Gasteiger partial charge in [0.15, 0.2) is 11.0 Å². The van der Waals surface area contributed by atoms with E-state index in [1.807, 2.05) is 54.6 Å². The van der Waals surface area contributed by atoms with Gasteiger partial charge >= 0.3 is 0 Å². The third-order valence-electron chi connectivity index (χ3n) is 3.93. The first-order valence-corrected chi connectivity index (χ1v) is 10.2. The highest BCUT2D eigenvalue weighted by Gasteiger charge is 2.15. The van der Waals surface area contributed by atoms with Crippen LogP contribution in [-0.2, 0) is 17.9 Å². The minimum atomic E-state index is -0.0251. The third kappa shape index (κ3) is 5.34. The second-order valence-electron chi connectivity index (χ2n) is 6.02. The molecule has 0 unspecified atom stereocenters. The highest BCUT2D eigenvalue weighted by atomic mass is 35.5. The highest BCUT2D eigenvalue weighted by molar-refractivity contribution is 7.99. The topological polar surface area (TPSA) is 59.8 Å². The second kappa shape index (κ2) is 9.58. The Morgan fingerprint density at radius 1 is 1.11 bits per heavy atom. The van der Waals surface area contributed by atoms with Crippen LogP contribution in [0.2, 0.25) is 5.02 Å². The van der Waals surface area contributed by atoms with Crippen molar-refractivity contribution >= 4 is 29.3 Å². The molecule has 2 aromatic carbocycles. The molecule has 0 aliphatic heterocycles. The van der Waals surface area contributed by atoms with Gasteiger partial charge in [0, 0.05) is 23.7 Å². The van der Waals surface area contributed by atoms with E-state index in [2.05, 4.69) is 27.0 Å². The minimum Gasteiger partial charge on any atom is -0.351 e. The third-order valence-corrected chi connectivity index (χ3v) is 5.15. The lowest BCUT2D eigenvalue weighted by molar-refractivity contribution is -0.118. The van der Waals surface area contributed by atoms with E-state index in [-0.39, 0.29) is 5.91 Å². The van der Waals surface area contributed by atoms with Gasteiger partial charge in [0.1, 0.15) is 0 Å². The van der Waals surface area contributed by atoms with Gasteiger partial charge in [-0.3, -0.25) is 4.79 Å². The van der Waals surface area contributed by atoms with Gasteiger partial charge in [-0.05, 0) is 36.2 Å². The highest BCUT2D eigenvalue weighted by Crippen LogP contribution is 2.25. The predicted molar refractivity (Wildman–Crippen MR) is 110 cm³/mol. The van der Waals surface area contributed by atoms with Gasteiger partial charge in [0.05, 0.1) is 5.75 Å². The molecule has 27 heavy (non-hydrogen) atoms. The molecule has 0 aliphatic carbocycles. The quantitative estimate of drug-likeness (QED) is 0.569. The average molecular weight is 401 g/mol. The number of halogens is 1. The fourth-order valence-electron chi connectivity index (χ4n) is 2.61. The first-order valence-electron chi connectivity index (χ1n) is 8.80. The van der Waals surface area contributed by atoms with E-state index in [1.165, 1.54) is 11.8 Å². The van der Waals surface area contributed by atoms with Crippen LogP contribution in [0.1, 0.15) is 18.9 Å². The van der Waals surface area contributed by atoms with Crippen LogP contribution >= 0.6 is 23.4 Å². The van der Waals surface area contributed by atoms with Crippen LogP contribution in [0.15, 0.2) is 59.8 Å². The molecule has 0 aliphatic rings. The Bertz CT molecular complexity index is 881. The van der Waals surface area contributed by atoms with Gasteiger partial charge in [0.25, 0.3) is 0 Å². The van der Waals surface area contributed by atoms with Crippen LogP contribution in [0.25, 0.3) is 11.4 Å². The molecule has 140 valence electrons. The van der Waals surface area contributed by atoms with E-state index in [9.17, 15) is 4.79 Å². The molecule has 3 rings (SSSR count). The van der Waals surface area contributed by atoms with Crippen molar-refractivity contribution in [2.75, 3.05) is 5.75 Å². The summed E-state index contributed by atoms with van der Waals surface area (Å²) in [5.74, 6) is 1.07. The molecule has 1 heterocycles. The van der Waals surface area contributed by atoms with Crippen molar-refractivity contribution in [2.24, 2.45) is 0 Å². The molecule has 0 spiro atoms. The number of rotatable bonds is 8. The minimum absolute atomic E-state index is 0.0251. The van der Waals surface area contributed by atoms with Crippen LogP contribution in [0.3, 0.4) is 0 Å². The largest absolute Gasteiger partial charge is 0.351 e. The molecule has 1 aromatic heterocycles. The summed E-state index contributed by atoms with van der Waals surface area (Å²) in [5.41, 5.74) is 2.04. The number of hydrogen-bond acceptors (Lipinski definition) is 4. The molecule has 3 aromatic rings. The SMILES string of the molecule is CCCn1c(SCC(=O)NCc2ccccc2)nnc1-c1ccc(Cl)cc1. The number of carbonyl (C=O) groups excluding carboxylic acids is 1. The second-order valence-corrected chi connectivity index (χ2v) is 7.39. The van der Waals surface area contributed by atoms with E-state index in [4.69, 9.17) is 11.6 Å². The lowest BCUT2D eigenvalue weighted by Crippen LogP contribution is -2.24. The molecular formula is C20H21ClN4OS. The number of aromatic nitrogens is 3. The Labute approximate surface area is 168 Å². The summed E-state index contributed by atoms with van der Waals surface area (Å²) in [6.07, 6.45) is 0.951. The number of hydrogen-bond donors (Lipinski definition) is 1. The van der Waals surface area contributed by atoms with Crippen LogP contribution in [0.4, 0.5) is 0 Å². The van der Waals surface area contributed by atoms with Crippen LogP contribution in [0.5, 0.6) is 0 Å². The van der Waals surface area contributed by atoms with Gasteiger partial charge in [-0.1, -0.05) is 60.6 Å². The number of benzene rings is 2. The molecule has 7 heteroatoms. The average Bonchev–Trinajstić information content (AvgIpc) is 3.09. The van der Waals surface area contributed by atoms with Crippen LogP contribution < -0.4 is 5.32 Å². The molecule has 0 fully saturated rings. The normalized spacial score (nSPS) is 10.7. The van der Waals surface area contributed by atoms with Crippen molar-refractivity contribution in [1.29, 1.82) is 0 Å². The van der Waals surface area contributed by atoms with Gasteiger partial charge in [-0.25, -0.2) is 0 Å². The number of thioether (sulfide) groups is 1. The maximum atomic E-state index is 12.2. The first-order chi connectivity index (χ1) is 13.2. The summed E-state index contributed by atoms with van der Waals surface area (Å²) in [7, 11) is 0. The van der Waals surface area contributed by atoms with Crippen molar-refractivity contribution < 1.29 is 4.79 Å². The van der Waals surface area contributed by atoms with E-state index in [0.717, 1.165) is 35.1 Å². The smallest absolute Gasteiger partial charge is 0.230 e. The molecule has 1 N–H and O–H groups in total. The number of nitrogens with one attached hydrogen (secondary N) is 1. The molecule has 0 bridgehead atoms. The lowest BCUT2D eigenvalue weighted by atomic mass is 10.2. The zero-order valence-electron chi connectivity index (χ0n) is 15.1. The zero-order chi connectivity index (χ0) is 19.1. The number of amides is 1. The summed E-state index contributed by atoms with van der Waals surface area (Å²) in [6.45, 7) is 3.42. The maximum absolute atomic E-state index is 12.2. The van der Waals surface area contributed by atoms with E-state index < -0.39 is 0 Å². The molecular weight excluding hydrogens is 380 g/mol. The van der Waals surface area contributed by atoms with Gasteiger partial charge in [-0.2, -0.15) is 0 Å². The zero-order valence-corrected chi connectivity index (χ0v) is 16.6. The molecule has 0 atom stereocenters. The summed E-state index contributed by atoms with van der Waals surface area (Å²) < 4.78 is 2.05. The first kappa shape index (κ1) is 19.5. The Morgan fingerprint density at radius 2 is 1.85 bits per heavy atom. The fourth-order valence-corrected chi connectivity index (χ4v) is 3.53. The molecule has 0 saturated carbocycles. The standard InChI is InChI=1S/C20H21ClN4OS/c1-2-12-25-19(16-8-10-17(21)11-9-16)23-24-20(25)27-14-18(26)22-13-15-6-4-3-5-7-15/h3-11H,2,12-14H2,1H3,(H,22,26). The monoisotopic (exact) mass is 400 g/mol. The summed E-state index contributed by atoms with van der Waals surface area (Å²) in [6, 6.07) is 17.4. The lowest BCUT2D eigenvalue weighted by Gasteiger charge is -2.09. The van der Waals surface area contributed by atoms with Crippen molar-refractivity contribution in [2.45, 2.75) is 31.6 Å². The van der Waals surface area contributed by atoms with Crippen LogP contribution in [-0.4, -0.2) is 26.4 Å². The predicted octanol–water partition coefficient (Wildman–Crippen LogP) is 4.42. The Morgan fingerprint density at radius 3 is 2.56 bits per heavy atom. The Hall–Kier alpha value is -2.31. The molecule has 0 radical (unpaired) electrons. The molecule has 5 nitrogen and oxygen atoms in total. The Kier molecular flexibility index (Phi) is 6.90. The van der Waals surface area contributed by atoms with Gasteiger partial charge in [-0.15, -0.1) is 10.2 Å². The number of carbonyl (C=O) groups is 1. The molecule has 1 amide bonds. The van der Waals surface area contributed by atoms with E-state index in [0.29, 0.717) is 17.3 Å².